The van der Waals surface area contributed by atoms with Gasteiger partial charge in [-0.3, -0.25) is 5.84 Å². The van der Waals surface area contributed by atoms with E-state index in [2.05, 4.69) is 9.84 Å². The van der Waals surface area contributed by atoms with Gasteiger partial charge in [-0.05, 0) is 17.7 Å². The van der Waals surface area contributed by atoms with Gasteiger partial charge in [-0.1, -0.05) is 12.1 Å². The van der Waals surface area contributed by atoms with Gasteiger partial charge in [0.15, 0.2) is 0 Å². The Labute approximate surface area is 98.2 Å². The van der Waals surface area contributed by atoms with Crippen molar-refractivity contribution in [3.8, 4) is 0 Å². The van der Waals surface area contributed by atoms with Crippen LogP contribution < -0.4 is 10.5 Å². The van der Waals surface area contributed by atoms with E-state index in [-0.39, 0.29) is 5.97 Å². The summed E-state index contributed by atoms with van der Waals surface area (Å²) in [5, 5.41) is 4.05. The average molecular weight is 233 g/mol. The molecule has 2 rings (SSSR count). The molecular formula is C11H13N4O2+. The van der Waals surface area contributed by atoms with Crippen molar-refractivity contribution in [2.24, 2.45) is 0 Å². The Kier molecular flexibility index (Phi) is 3.04. The molecule has 6 nitrogen and oxygen atoms in total. The zero-order valence-electron chi connectivity index (χ0n) is 9.41. The van der Waals surface area contributed by atoms with Crippen LogP contribution in [-0.4, -0.2) is 22.9 Å². The zero-order chi connectivity index (χ0) is 12.3. The van der Waals surface area contributed by atoms with Gasteiger partial charge >= 0.3 is 5.97 Å². The maximum Gasteiger partial charge on any atom is 0.337 e. The van der Waals surface area contributed by atoms with Crippen molar-refractivity contribution in [2.75, 3.05) is 13.0 Å². The Morgan fingerprint density at radius 1 is 1.47 bits per heavy atom. The van der Waals surface area contributed by atoms with Crippen LogP contribution in [0.4, 0.5) is 0 Å². The van der Waals surface area contributed by atoms with Gasteiger partial charge in [0.05, 0.1) is 12.7 Å². The topological polar surface area (TPSA) is 74.0 Å². The van der Waals surface area contributed by atoms with Crippen LogP contribution in [0.15, 0.2) is 36.9 Å². The first-order valence-electron chi connectivity index (χ1n) is 5.05. The average Bonchev–Trinajstić information content (AvgIpc) is 2.75. The van der Waals surface area contributed by atoms with Gasteiger partial charge in [-0.15, -0.1) is 9.36 Å². The van der Waals surface area contributed by atoms with E-state index >= 15 is 0 Å². The molecule has 0 atom stereocenters. The van der Waals surface area contributed by atoms with Gasteiger partial charge in [0, 0.05) is 5.10 Å². The van der Waals surface area contributed by atoms with E-state index < -0.39 is 0 Å². The minimum atomic E-state index is -0.338. The number of nitrogens with zero attached hydrogens (tertiary/aromatic N) is 3. The van der Waals surface area contributed by atoms with Crippen molar-refractivity contribution in [3.05, 3.63) is 48.0 Å². The number of hydrogen-bond acceptors (Lipinski definition) is 4. The number of rotatable bonds is 3. The van der Waals surface area contributed by atoms with Crippen LogP contribution in [-0.2, 0) is 11.3 Å². The molecule has 0 radical (unpaired) electrons. The molecule has 6 heteroatoms. The summed E-state index contributed by atoms with van der Waals surface area (Å²) in [6, 6.07) is 7.16. The molecule has 0 aliphatic heterocycles. The van der Waals surface area contributed by atoms with Gasteiger partial charge in [0.1, 0.15) is 6.54 Å². The molecule has 0 unspecified atom stereocenters. The quantitative estimate of drug-likeness (QED) is 0.449. The minimum absolute atomic E-state index is 0.338. The number of methoxy groups -OCH3 is 1. The highest BCUT2D eigenvalue weighted by atomic mass is 16.5. The Hall–Kier alpha value is -2.37. The molecule has 0 bridgehead atoms. The summed E-state index contributed by atoms with van der Waals surface area (Å²) in [6.45, 7) is 0.603. The number of hydrogen-bond donors (Lipinski definition) is 1. The van der Waals surface area contributed by atoms with E-state index in [0.717, 1.165) is 5.56 Å². The summed E-state index contributed by atoms with van der Waals surface area (Å²) in [6.07, 6.45) is 3.19. The summed E-state index contributed by atoms with van der Waals surface area (Å²) in [7, 11) is 1.36. The molecule has 0 fully saturated rings. The number of carbonyl (C=O) groups is 1. The molecule has 0 amide bonds. The summed E-state index contributed by atoms with van der Waals surface area (Å²) in [5.41, 5.74) is 1.56. The SMILES string of the molecule is COC(=O)c1ccc(Cn2c[n+](N)cn2)cc1. The number of esters is 1. The van der Waals surface area contributed by atoms with Crippen LogP contribution in [0.5, 0.6) is 0 Å². The van der Waals surface area contributed by atoms with Gasteiger partial charge < -0.3 is 4.74 Å². The molecule has 17 heavy (non-hydrogen) atoms. The minimum Gasteiger partial charge on any atom is -0.465 e. The van der Waals surface area contributed by atoms with E-state index in [1.54, 1.807) is 23.1 Å². The summed E-state index contributed by atoms with van der Waals surface area (Å²) in [5.74, 6) is 5.15. The maximum atomic E-state index is 11.2. The molecule has 1 aromatic carbocycles. The Morgan fingerprint density at radius 2 is 2.18 bits per heavy atom. The first-order chi connectivity index (χ1) is 8.19. The van der Waals surface area contributed by atoms with Gasteiger partial charge in [-0.25, -0.2) is 4.79 Å². The largest absolute Gasteiger partial charge is 0.465 e. The number of nitrogens with two attached hydrogens (primary N) is 1. The highest BCUT2D eigenvalue weighted by molar-refractivity contribution is 5.89. The van der Waals surface area contributed by atoms with Gasteiger partial charge in [0.25, 0.3) is 6.33 Å². The Balaban J connectivity index is 2.10. The molecule has 2 N–H and O–H groups in total. The number of nitrogen functional groups attached to an aromatic ring is 1. The van der Waals surface area contributed by atoms with E-state index in [9.17, 15) is 4.79 Å². The number of aromatic nitrogens is 3. The summed E-state index contributed by atoms with van der Waals surface area (Å²) < 4.78 is 7.70. The highest BCUT2D eigenvalue weighted by Crippen LogP contribution is 2.06. The fraction of sp³-hybridized carbons (Fsp3) is 0.182. The van der Waals surface area contributed by atoms with E-state index in [0.29, 0.717) is 12.1 Å². The van der Waals surface area contributed by atoms with Crippen LogP contribution in [0.25, 0.3) is 0 Å². The third-order valence-corrected chi connectivity index (χ3v) is 2.32. The number of ether oxygens (including phenoxy) is 1. The lowest BCUT2D eigenvalue weighted by molar-refractivity contribution is -0.639. The van der Waals surface area contributed by atoms with Crippen molar-refractivity contribution < 1.29 is 14.2 Å². The maximum absolute atomic E-state index is 11.2. The van der Waals surface area contributed by atoms with E-state index in [4.69, 9.17) is 5.84 Å². The van der Waals surface area contributed by atoms with Crippen LogP contribution in [0.1, 0.15) is 15.9 Å². The Morgan fingerprint density at radius 3 is 2.71 bits per heavy atom. The van der Waals surface area contributed by atoms with Crippen molar-refractivity contribution in [2.45, 2.75) is 6.54 Å². The van der Waals surface area contributed by atoms with Crippen LogP contribution in [0.2, 0.25) is 0 Å². The molecule has 0 saturated carbocycles. The lowest BCUT2D eigenvalue weighted by Gasteiger charge is -2.00. The monoisotopic (exact) mass is 233 g/mol. The normalized spacial score (nSPS) is 10.2. The second-order valence-corrected chi connectivity index (χ2v) is 3.58. The third-order valence-electron chi connectivity index (χ3n) is 2.32. The Bertz CT molecular complexity index is 519. The first-order valence-corrected chi connectivity index (χ1v) is 5.05. The lowest BCUT2D eigenvalue weighted by Crippen LogP contribution is -2.42. The van der Waals surface area contributed by atoms with Gasteiger partial charge in [-0.2, -0.15) is 0 Å². The zero-order valence-corrected chi connectivity index (χ0v) is 9.41. The lowest BCUT2D eigenvalue weighted by atomic mass is 10.1. The fourth-order valence-electron chi connectivity index (χ4n) is 1.47. The molecule has 88 valence electrons. The molecule has 0 aliphatic carbocycles. The van der Waals surface area contributed by atoms with Gasteiger partial charge in [0.2, 0.25) is 6.33 Å². The summed E-state index contributed by atoms with van der Waals surface area (Å²) >= 11 is 0. The molecule has 0 aliphatic rings. The molecule has 0 spiro atoms. The molecule has 2 aromatic rings. The number of carbonyl (C=O) groups excluding carboxylic acids is 1. The second-order valence-electron chi connectivity index (χ2n) is 3.58. The first kappa shape index (κ1) is 11.1. The van der Waals surface area contributed by atoms with Crippen molar-refractivity contribution in [3.63, 3.8) is 0 Å². The van der Waals surface area contributed by atoms with Crippen molar-refractivity contribution >= 4 is 5.97 Å². The molecule has 1 aromatic heterocycles. The predicted molar refractivity (Wildman–Crippen MR) is 59.5 cm³/mol. The van der Waals surface area contributed by atoms with Crippen molar-refractivity contribution in [1.82, 2.24) is 9.78 Å². The second kappa shape index (κ2) is 4.65. The van der Waals surface area contributed by atoms with Crippen molar-refractivity contribution in [1.29, 1.82) is 0 Å². The molecule has 0 saturated heterocycles. The molecule has 1 heterocycles. The van der Waals surface area contributed by atoms with E-state index in [1.165, 1.54) is 18.1 Å². The summed E-state index contributed by atoms with van der Waals surface area (Å²) in [4.78, 5) is 11.2. The van der Waals surface area contributed by atoms with Crippen LogP contribution in [0, 0.1) is 0 Å². The third kappa shape index (κ3) is 2.60. The smallest absolute Gasteiger partial charge is 0.337 e. The number of benzene rings is 1. The standard InChI is InChI=1S/C11H13N4O2/c1-17-11(16)10-4-2-9(3-5-10)6-15-8-14(12)7-13-15/h2-5,7-8H,6,12H2,1H3/q+1. The fourth-order valence-corrected chi connectivity index (χ4v) is 1.47. The van der Waals surface area contributed by atoms with Crippen LogP contribution >= 0.6 is 0 Å². The predicted octanol–water partition coefficient (Wildman–Crippen LogP) is -0.281. The van der Waals surface area contributed by atoms with E-state index in [1.807, 2.05) is 12.1 Å². The van der Waals surface area contributed by atoms with Crippen LogP contribution in [0.3, 0.4) is 0 Å². The molecular weight excluding hydrogens is 220 g/mol. The highest BCUT2D eigenvalue weighted by Gasteiger charge is 2.07.